The molecule has 3 rings (SSSR count). The van der Waals surface area contributed by atoms with Gasteiger partial charge in [-0.3, -0.25) is 4.79 Å². The number of amides is 1. The molecule has 4 nitrogen and oxygen atoms in total. The van der Waals surface area contributed by atoms with Gasteiger partial charge in [0.25, 0.3) is 5.91 Å². The van der Waals surface area contributed by atoms with Gasteiger partial charge in [-0.2, -0.15) is 8.78 Å². The lowest BCUT2D eigenvalue weighted by atomic mass is 10.0. The van der Waals surface area contributed by atoms with E-state index < -0.39 is 6.61 Å². The van der Waals surface area contributed by atoms with E-state index in [2.05, 4.69) is 10.1 Å². The number of carbonyl (C=O) groups is 1. The van der Waals surface area contributed by atoms with Crippen LogP contribution in [0.25, 0.3) is 0 Å². The summed E-state index contributed by atoms with van der Waals surface area (Å²) in [4.78, 5) is 12.6. The van der Waals surface area contributed by atoms with Crippen molar-refractivity contribution in [1.29, 1.82) is 0 Å². The number of halogens is 2. The fourth-order valence-corrected chi connectivity index (χ4v) is 3.04. The van der Waals surface area contributed by atoms with Crippen molar-refractivity contribution in [2.45, 2.75) is 39.6 Å². The van der Waals surface area contributed by atoms with Gasteiger partial charge in [-0.25, -0.2) is 0 Å². The van der Waals surface area contributed by atoms with E-state index in [1.165, 1.54) is 6.07 Å². The Balaban J connectivity index is 1.74. The Morgan fingerprint density at radius 3 is 2.29 bits per heavy atom. The van der Waals surface area contributed by atoms with Crippen molar-refractivity contribution in [3.63, 3.8) is 0 Å². The van der Waals surface area contributed by atoms with Crippen LogP contribution in [0.15, 0.2) is 72.8 Å². The molecule has 1 N–H and O–H groups in total. The number of nitrogens with one attached hydrogen (secondary N) is 1. The fourth-order valence-electron chi connectivity index (χ4n) is 3.04. The Hall–Kier alpha value is -3.25. The maximum Gasteiger partial charge on any atom is 0.387 e. The van der Waals surface area contributed by atoms with E-state index in [9.17, 15) is 13.6 Å². The monoisotopic (exact) mass is 425 g/mol. The highest BCUT2D eigenvalue weighted by Gasteiger charge is 2.13. The first-order chi connectivity index (χ1) is 14.9. The third-order valence-corrected chi connectivity index (χ3v) is 4.57. The number of hydrogen-bond acceptors (Lipinski definition) is 3. The number of benzene rings is 3. The molecule has 0 aliphatic carbocycles. The summed E-state index contributed by atoms with van der Waals surface area (Å²) in [6, 6.07) is 21.3. The van der Waals surface area contributed by atoms with Gasteiger partial charge >= 0.3 is 6.61 Å². The molecule has 0 fully saturated rings. The normalized spacial score (nSPS) is 11.0. The Labute approximate surface area is 180 Å². The molecule has 31 heavy (non-hydrogen) atoms. The fraction of sp³-hybridized carbons (Fsp3) is 0.240. The molecule has 0 unspecified atom stereocenters. The minimum absolute atomic E-state index is 0.0892. The summed E-state index contributed by atoms with van der Waals surface area (Å²) in [5.74, 6) is -0.198. The third kappa shape index (κ3) is 6.89. The molecule has 0 aromatic heterocycles. The number of rotatable bonds is 9. The van der Waals surface area contributed by atoms with Crippen LogP contribution >= 0.6 is 0 Å². The van der Waals surface area contributed by atoms with Crippen molar-refractivity contribution in [3.8, 4) is 5.75 Å². The number of anilines is 1. The molecule has 6 heteroatoms. The van der Waals surface area contributed by atoms with Gasteiger partial charge in [0.1, 0.15) is 5.75 Å². The molecule has 0 spiro atoms. The van der Waals surface area contributed by atoms with E-state index in [1.54, 1.807) is 24.3 Å². The van der Waals surface area contributed by atoms with Gasteiger partial charge < -0.3 is 14.8 Å². The lowest BCUT2D eigenvalue weighted by molar-refractivity contribution is -0.0503. The molecule has 0 bridgehead atoms. The van der Waals surface area contributed by atoms with Crippen LogP contribution in [-0.2, 0) is 17.8 Å². The molecule has 0 aliphatic heterocycles. The molecule has 0 saturated heterocycles. The van der Waals surface area contributed by atoms with Crippen molar-refractivity contribution in [2.24, 2.45) is 0 Å². The van der Waals surface area contributed by atoms with E-state index in [4.69, 9.17) is 4.74 Å². The molecular weight excluding hydrogens is 400 g/mol. The zero-order valence-corrected chi connectivity index (χ0v) is 17.5. The molecule has 3 aromatic rings. The number of hydrogen-bond donors (Lipinski definition) is 1. The predicted molar refractivity (Wildman–Crippen MR) is 117 cm³/mol. The molecule has 0 aliphatic rings. The van der Waals surface area contributed by atoms with Gasteiger partial charge in [0.05, 0.1) is 12.7 Å². The first kappa shape index (κ1) is 22.4. The van der Waals surface area contributed by atoms with Gasteiger partial charge in [0.2, 0.25) is 0 Å². The van der Waals surface area contributed by atoms with E-state index in [0.717, 1.165) is 11.1 Å². The van der Waals surface area contributed by atoms with Crippen molar-refractivity contribution >= 4 is 11.6 Å². The molecular formula is C25H25F2NO3. The second-order valence-electron chi connectivity index (χ2n) is 7.37. The maximum atomic E-state index is 12.8. The molecule has 1 amide bonds. The summed E-state index contributed by atoms with van der Waals surface area (Å²) >= 11 is 0. The van der Waals surface area contributed by atoms with Crippen LogP contribution in [0.1, 0.15) is 40.9 Å². The number of alkyl halides is 2. The molecule has 3 aromatic carbocycles. The highest BCUT2D eigenvalue weighted by molar-refractivity contribution is 6.04. The average Bonchev–Trinajstić information content (AvgIpc) is 2.75. The van der Waals surface area contributed by atoms with Crippen LogP contribution in [0.3, 0.4) is 0 Å². The van der Waals surface area contributed by atoms with Gasteiger partial charge in [-0.15, -0.1) is 0 Å². The Morgan fingerprint density at radius 1 is 0.935 bits per heavy atom. The van der Waals surface area contributed by atoms with Crippen LogP contribution in [0.2, 0.25) is 0 Å². The average molecular weight is 425 g/mol. The summed E-state index contributed by atoms with van der Waals surface area (Å²) in [7, 11) is 0. The lowest BCUT2D eigenvalue weighted by Gasteiger charge is -2.14. The van der Waals surface area contributed by atoms with E-state index in [0.29, 0.717) is 29.8 Å². The summed E-state index contributed by atoms with van der Waals surface area (Å²) in [5, 5.41) is 2.82. The third-order valence-electron chi connectivity index (χ3n) is 4.57. The lowest BCUT2D eigenvalue weighted by Crippen LogP contribution is -2.13. The van der Waals surface area contributed by atoms with Crippen LogP contribution in [-0.4, -0.2) is 18.6 Å². The molecule has 0 saturated carbocycles. The SMILES string of the molecule is CC(C)OCc1ccc(C(=O)Nc2ccc(OC(F)F)c(Cc3ccccc3)c2)cc1. The minimum Gasteiger partial charge on any atom is -0.435 e. The largest absolute Gasteiger partial charge is 0.435 e. The zero-order chi connectivity index (χ0) is 22.2. The maximum absolute atomic E-state index is 12.8. The molecule has 0 atom stereocenters. The second kappa shape index (κ2) is 10.7. The number of carbonyl (C=O) groups excluding carboxylic acids is 1. The minimum atomic E-state index is -2.92. The van der Waals surface area contributed by atoms with E-state index in [-0.39, 0.29) is 17.8 Å². The molecule has 162 valence electrons. The van der Waals surface area contributed by atoms with Crippen LogP contribution in [0.4, 0.5) is 14.5 Å². The first-order valence-electron chi connectivity index (χ1n) is 10.0. The molecule has 0 heterocycles. The predicted octanol–water partition coefficient (Wildman–Crippen LogP) is 6.06. The quantitative estimate of drug-likeness (QED) is 0.454. The van der Waals surface area contributed by atoms with Crippen molar-refractivity contribution < 1.29 is 23.0 Å². The second-order valence-corrected chi connectivity index (χ2v) is 7.37. The first-order valence-corrected chi connectivity index (χ1v) is 10.0. The topological polar surface area (TPSA) is 47.6 Å². The smallest absolute Gasteiger partial charge is 0.387 e. The molecule has 0 radical (unpaired) electrons. The Morgan fingerprint density at radius 2 is 1.65 bits per heavy atom. The summed E-state index contributed by atoms with van der Waals surface area (Å²) in [6.07, 6.45) is 0.530. The van der Waals surface area contributed by atoms with Crippen LogP contribution in [0.5, 0.6) is 5.75 Å². The van der Waals surface area contributed by atoms with Crippen molar-refractivity contribution in [3.05, 3.63) is 95.1 Å². The highest BCUT2D eigenvalue weighted by Crippen LogP contribution is 2.27. The summed E-state index contributed by atoms with van der Waals surface area (Å²) < 4.78 is 35.8. The van der Waals surface area contributed by atoms with Crippen LogP contribution < -0.4 is 10.1 Å². The van der Waals surface area contributed by atoms with Crippen molar-refractivity contribution in [2.75, 3.05) is 5.32 Å². The van der Waals surface area contributed by atoms with Gasteiger partial charge in [0.15, 0.2) is 0 Å². The van der Waals surface area contributed by atoms with E-state index in [1.807, 2.05) is 56.3 Å². The Bertz CT molecular complexity index is 989. The summed E-state index contributed by atoms with van der Waals surface area (Å²) in [6.45, 7) is 1.48. The van der Waals surface area contributed by atoms with Gasteiger partial charge in [-0.1, -0.05) is 42.5 Å². The standard InChI is InChI=1S/C25H25F2NO3/c1-17(2)30-16-19-8-10-20(11-9-19)24(29)28-22-12-13-23(31-25(26)27)21(15-22)14-18-6-4-3-5-7-18/h3-13,15,17,25H,14,16H2,1-2H3,(H,28,29). The van der Waals surface area contributed by atoms with Gasteiger partial charge in [0, 0.05) is 23.2 Å². The van der Waals surface area contributed by atoms with Gasteiger partial charge in [-0.05, 0) is 55.3 Å². The summed E-state index contributed by atoms with van der Waals surface area (Å²) in [5.41, 5.74) is 3.48. The Kier molecular flexibility index (Phi) is 7.73. The number of ether oxygens (including phenoxy) is 2. The zero-order valence-electron chi connectivity index (χ0n) is 17.5. The van der Waals surface area contributed by atoms with Crippen molar-refractivity contribution in [1.82, 2.24) is 0 Å². The van der Waals surface area contributed by atoms with Crippen LogP contribution in [0, 0.1) is 0 Å². The highest BCUT2D eigenvalue weighted by atomic mass is 19.3. The van der Waals surface area contributed by atoms with E-state index >= 15 is 0 Å².